The van der Waals surface area contributed by atoms with Crippen molar-refractivity contribution >= 4 is 11.6 Å². The van der Waals surface area contributed by atoms with Gasteiger partial charge in [0, 0.05) is 16.7 Å². The lowest BCUT2D eigenvalue weighted by molar-refractivity contribution is 0.400. The molecule has 0 atom stereocenters. The van der Waals surface area contributed by atoms with Gasteiger partial charge in [0.25, 0.3) is 0 Å². The number of hydrogen-bond acceptors (Lipinski definition) is 2. The number of aromatic nitrogens is 1. The summed E-state index contributed by atoms with van der Waals surface area (Å²) >= 11 is 5.92. The molecule has 1 aromatic heterocycles. The highest BCUT2D eigenvalue weighted by Crippen LogP contribution is 2.32. The molecule has 2 N–H and O–H groups in total. The highest BCUT2D eigenvalue weighted by molar-refractivity contribution is 6.30. The van der Waals surface area contributed by atoms with Crippen LogP contribution >= 0.6 is 11.6 Å². The molecule has 0 saturated heterocycles. The van der Waals surface area contributed by atoms with Gasteiger partial charge in [0.05, 0.1) is 5.69 Å². The fourth-order valence-corrected chi connectivity index (χ4v) is 4.27. The van der Waals surface area contributed by atoms with E-state index in [1.165, 1.54) is 81.6 Å². The summed E-state index contributed by atoms with van der Waals surface area (Å²) in [5.74, 6) is 0.138. The van der Waals surface area contributed by atoms with Gasteiger partial charge in [-0.05, 0) is 49.9 Å². The SMILES string of the molecule is CCCCCCCCCCCCCCC=CCCc1cc(O)n(-c2ccc(Cl)cc2)c1O. The molecule has 178 valence electrons. The first-order chi connectivity index (χ1) is 15.6. The van der Waals surface area contributed by atoms with Crippen molar-refractivity contribution in [2.24, 2.45) is 0 Å². The lowest BCUT2D eigenvalue weighted by Crippen LogP contribution is -1.92. The molecule has 0 unspecified atom stereocenters. The highest BCUT2D eigenvalue weighted by Gasteiger charge is 2.14. The third kappa shape index (κ3) is 9.73. The van der Waals surface area contributed by atoms with E-state index in [1.807, 2.05) is 0 Å². The van der Waals surface area contributed by atoms with Crippen LogP contribution in [0, 0.1) is 0 Å². The summed E-state index contributed by atoms with van der Waals surface area (Å²) < 4.78 is 1.45. The Balaban J connectivity index is 1.53. The minimum Gasteiger partial charge on any atom is -0.494 e. The van der Waals surface area contributed by atoms with E-state index in [4.69, 9.17) is 11.6 Å². The van der Waals surface area contributed by atoms with Crippen LogP contribution in [0.4, 0.5) is 0 Å². The predicted octanol–water partition coefficient (Wildman–Crippen LogP) is 9.12. The topological polar surface area (TPSA) is 45.4 Å². The molecule has 3 nitrogen and oxygen atoms in total. The van der Waals surface area contributed by atoms with Crippen LogP contribution in [0.15, 0.2) is 42.5 Å². The molecule has 0 saturated carbocycles. The second-order valence-electron chi connectivity index (χ2n) is 8.85. The standard InChI is InChI=1S/C28H42ClNO2/c1-2-3-4-5-6-7-8-9-10-11-12-13-14-15-16-17-18-24-23-27(31)30(28(24)32)26-21-19-25(29)20-22-26/h15-16,19-23,31-32H,2-14,17-18H2,1H3. The van der Waals surface area contributed by atoms with Crippen LogP contribution in [-0.4, -0.2) is 14.8 Å². The molecule has 0 spiro atoms. The van der Waals surface area contributed by atoms with Crippen molar-refractivity contribution in [3.05, 3.63) is 53.1 Å². The number of hydrogen-bond donors (Lipinski definition) is 2. The Morgan fingerprint density at radius 3 is 1.88 bits per heavy atom. The average Bonchev–Trinajstić information content (AvgIpc) is 3.07. The smallest absolute Gasteiger partial charge is 0.201 e. The van der Waals surface area contributed by atoms with Crippen molar-refractivity contribution in [2.75, 3.05) is 0 Å². The Bertz CT molecular complexity index is 779. The van der Waals surface area contributed by atoms with E-state index in [-0.39, 0.29) is 11.8 Å². The number of rotatable bonds is 17. The van der Waals surface area contributed by atoms with Gasteiger partial charge < -0.3 is 10.2 Å². The normalized spacial score (nSPS) is 11.6. The van der Waals surface area contributed by atoms with Crippen LogP contribution in [0.3, 0.4) is 0 Å². The molecule has 0 fully saturated rings. The number of allylic oxidation sites excluding steroid dienone is 2. The Hall–Kier alpha value is -1.87. The van der Waals surface area contributed by atoms with Crippen LogP contribution in [0.5, 0.6) is 11.8 Å². The molecule has 0 bridgehead atoms. The van der Waals surface area contributed by atoms with Crippen molar-refractivity contribution in [1.29, 1.82) is 0 Å². The first-order valence-electron chi connectivity index (χ1n) is 12.7. The van der Waals surface area contributed by atoms with E-state index in [0.29, 0.717) is 17.1 Å². The number of benzene rings is 1. The van der Waals surface area contributed by atoms with Crippen molar-refractivity contribution in [1.82, 2.24) is 4.57 Å². The number of unbranched alkanes of at least 4 members (excludes halogenated alkanes) is 12. The van der Waals surface area contributed by atoms with E-state index < -0.39 is 0 Å². The van der Waals surface area contributed by atoms with Gasteiger partial charge in [-0.1, -0.05) is 101 Å². The number of aryl methyl sites for hydroxylation is 1. The first-order valence-corrected chi connectivity index (χ1v) is 13.0. The van der Waals surface area contributed by atoms with Gasteiger partial charge in [-0.3, -0.25) is 4.57 Å². The van der Waals surface area contributed by atoms with Crippen molar-refractivity contribution in [3.63, 3.8) is 0 Å². The van der Waals surface area contributed by atoms with Gasteiger partial charge in [-0.2, -0.15) is 0 Å². The first kappa shape index (κ1) is 26.4. The van der Waals surface area contributed by atoms with Crippen LogP contribution in [-0.2, 0) is 6.42 Å². The Morgan fingerprint density at radius 1 is 0.750 bits per heavy atom. The Kier molecular flexibility index (Phi) is 13.1. The number of halogens is 1. The van der Waals surface area contributed by atoms with Gasteiger partial charge in [0.15, 0.2) is 5.88 Å². The largest absolute Gasteiger partial charge is 0.494 e. The highest BCUT2D eigenvalue weighted by atomic mass is 35.5. The molecule has 2 rings (SSSR count). The van der Waals surface area contributed by atoms with E-state index in [0.717, 1.165) is 18.4 Å². The molecular formula is C28H42ClNO2. The number of aromatic hydroxyl groups is 2. The van der Waals surface area contributed by atoms with Gasteiger partial charge in [0.2, 0.25) is 5.88 Å². The maximum atomic E-state index is 10.5. The minimum atomic E-state index is 0.0419. The zero-order valence-electron chi connectivity index (χ0n) is 19.9. The van der Waals surface area contributed by atoms with Crippen LogP contribution < -0.4 is 0 Å². The predicted molar refractivity (Wildman–Crippen MR) is 137 cm³/mol. The molecule has 32 heavy (non-hydrogen) atoms. The second-order valence-corrected chi connectivity index (χ2v) is 9.29. The molecule has 0 aliphatic heterocycles. The molecule has 0 radical (unpaired) electrons. The summed E-state index contributed by atoms with van der Waals surface area (Å²) in [5.41, 5.74) is 1.45. The summed E-state index contributed by atoms with van der Waals surface area (Å²) in [7, 11) is 0. The third-order valence-corrected chi connectivity index (χ3v) is 6.34. The van der Waals surface area contributed by atoms with Gasteiger partial charge >= 0.3 is 0 Å². The summed E-state index contributed by atoms with van der Waals surface area (Å²) in [6.07, 6.45) is 23.7. The van der Waals surface area contributed by atoms with E-state index in [9.17, 15) is 10.2 Å². The zero-order chi connectivity index (χ0) is 23.0. The molecular weight excluding hydrogens is 418 g/mol. The Morgan fingerprint density at radius 2 is 1.28 bits per heavy atom. The molecule has 0 amide bonds. The summed E-state index contributed by atoms with van der Waals surface area (Å²) in [4.78, 5) is 0. The van der Waals surface area contributed by atoms with Gasteiger partial charge in [0.1, 0.15) is 0 Å². The van der Waals surface area contributed by atoms with Crippen LogP contribution in [0.1, 0.15) is 102 Å². The monoisotopic (exact) mass is 459 g/mol. The van der Waals surface area contributed by atoms with Crippen molar-refractivity contribution < 1.29 is 10.2 Å². The van der Waals surface area contributed by atoms with Crippen LogP contribution in [0.25, 0.3) is 5.69 Å². The number of nitrogens with zero attached hydrogens (tertiary/aromatic N) is 1. The quantitative estimate of drug-likeness (QED) is 0.183. The maximum absolute atomic E-state index is 10.5. The van der Waals surface area contributed by atoms with Gasteiger partial charge in [-0.25, -0.2) is 0 Å². The molecule has 0 aliphatic rings. The van der Waals surface area contributed by atoms with Crippen LogP contribution in [0.2, 0.25) is 5.02 Å². The van der Waals surface area contributed by atoms with Crippen molar-refractivity contribution in [2.45, 2.75) is 103 Å². The lowest BCUT2D eigenvalue weighted by Gasteiger charge is -2.07. The average molecular weight is 460 g/mol. The molecule has 1 heterocycles. The summed E-state index contributed by atoms with van der Waals surface area (Å²) in [6.45, 7) is 2.27. The molecule has 1 aromatic carbocycles. The van der Waals surface area contributed by atoms with Crippen molar-refractivity contribution in [3.8, 4) is 17.4 Å². The Labute approximate surface area is 200 Å². The maximum Gasteiger partial charge on any atom is 0.201 e. The summed E-state index contributed by atoms with van der Waals surface area (Å²) in [6, 6.07) is 8.69. The second kappa shape index (κ2) is 15.9. The molecule has 4 heteroatoms. The van der Waals surface area contributed by atoms with E-state index in [2.05, 4.69) is 19.1 Å². The third-order valence-electron chi connectivity index (χ3n) is 6.09. The fourth-order valence-electron chi connectivity index (χ4n) is 4.14. The summed E-state index contributed by atoms with van der Waals surface area (Å²) in [5, 5.41) is 21.3. The van der Waals surface area contributed by atoms with E-state index >= 15 is 0 Å². The van der Waals surface area contributed by atoms with E-state index in [1.54, 1.807) is 30.3 Å². The minimum absolute atomic E-state index is 0.0419. The lowest BCUT2D eigenvalue weighted by atomic mass is 10.0. The molecule has 2 aromatic rings. The fraction of sp³-hybridized carbons (Fsp3) is 0.571. The zero-order valence-corrected chi connectivity index (χ0v) is 20.6. The van der Waals surface area contributed by atoms with Gasteiger partial charge in [-0.15, -0.1) is 0 Å². The molecule has 0 aliphatic carbocycles.